The summed E-state index contributed by atoms with van der Waals surface area (Å²) in [5.41, 5.74) is 0. The van der Waals surface area contributed by atoms with Gasteiger partial charge in [0.15, 0.2) is 0 Å². The molecule has 0 amide bonds. The minimum atomic E-state index is 0. The Morgan fingerprint density at radius 2 is 1.00 bits per heavy atom. The Hall–Kier alpha value is 0.463. The van der Waals surface area contributed by atoms with Crippen LogP contribution in [0.5, 0.6) is 0 Å². The topological polar surface area (TPSA) is 34.7 Å². The summed E-state index contributed by atoms with van der Waals surface area (Å²) in [6.45, 7) is 8.60. The van der Waals surface area contributed by atoms with Crippen molar-refractivity contribution in [3.63, 3.8) is 0 Å². The Bertz CT molecular complexity index is 180. The summed E-state index contributed by atoms with van der Waals surface area (Å²) in [4.78, 5) is 4.25. The maximum Gasteiger partial charge on any atom is 0 e. The number of hydrogen-bond donors (Lipinski definition) is 0. The first-order valence-corrected chi connectivity index (χ1v) is 6.46. The summed E-state index contributed by atoms with van der Waals surface area (Å²) in [6, 6.07) is 0.723. The number of rotatable bonds is 8. The van der Waals surface area contributed by atoms with Crippen molar-refractivity contribution >= 4 is 0 Å². The second-order valence-corrected chi connectivity index (χ2v) is 5.42. The molecular formula is C14H33N4Zn-3. The van der Waals surface area contributed by atoms with Crippen LogP contribution >= 0.6 is 0 Å². The zero-order valence-corrected chi connectivity index (χ0v) is 17.5. The van der Waals surface area contributed by atoms with Crippen LogP contribution in [0.4, 0.5) is 0 Å². The zero-order valence-electron chi connectivity index (χ0n) is 14.5. The molecule has 0 spiro atoms. The Labute approximate surface area is 134 Å². The van der Waals surface area contributed by atoms with E-state index in [0.717, 1.165) is 6.42 Å². The van der Waals surface area contributed by atoms with Crippen LogP contribution in [-0.4, -0.2) is 62.4 Å². The van der Waals surface area contributed by atoms with E-state index in [4.69, 9.17) is 10.6 Å². The molecule has 0 bridgehead atoms. The first-order valence-electron chi connectivity index (χ1n) is 6.46. The summed E-state index contributed by atoms with van der Waals surface area (Å²) < 4.78 is 0. The third-order valence-corrected chi connectivity index (χ3v) is 3.12. The van der Waals surface area contributed by atoms with Gasteiger partial charge in [-0.2, -0.15) is 0 Å². The SMILES string of the molecule is CC(CC(C)[N-]C(C)N(C)C)[N-]C(C)N(C)C.[CH3-].[Zn]. The molecule has 0 aliphatic rings. The fourth-order valence-corrected chi connectivity index (χ4v) is 1.62. The van der Waals surface area contributed by atoms with E-state index in [-0.39, 0.29) is 39.2 Å². The molecule has 114 valence electrons. The van der Waals surface area contributed by atoms with Gasteiger partial charge in [-0.15, -0.1) is 12.1 Å². The average molecular weight is 323 g/mol. The molecule has 0 heterocycles. The minimum absolute atomic E-state index is 0. The third kappa shape index (κ3) is 12.0. The van der Waals surface area contributed by atoms with Crippen LogP contribution in [0.15, 0.2) is 0 Å². The Balaban J connectivity index is -0.00000128. The third-order valence-electron chi connectivity index (χ3n) is 3.12. The summed E-state index contributed by atoms with van der Waals surface area (Å²) in [7, 11) is 8.23. The molecule has 5 heteroatoms. The van der Waals surface area contributed by atoms with E-state index in [2.05, 4.69) is 65.7 Å². The van der Waals surface area contributed by atoms with Crippen molar-refractivity contribution in [3.05, 3.63) is 18.1 Å². The predicted molar refractivity (Wildman–Crippen MR) is 83.0 cm³/mol. The molecule has 0 fully saturated rings. The van der Waals surface area contributed by atoms with Gasteiger partial charge < -0.3 is 27.9 Å². The Morgan fingerprint density at radius 3 is 1.21 bits per heavy atom. The number of nitrogens with zero attached hydrogens (tertiary/aromatic N) is 4. The van der Waals surface area contributed by atoms with Gasteiger partial charge in [-0.1, -0.05) is 46.4 Å². The van der Waals surface area contributed by atoms with Crippen molar-refractivity contribution < 1.29 is 19.5 Å². The summed E-state index contributed by atoms with van der Waals surface area (Å²) in [6.07, 6.45) is 1.59. The molecule has 4 atom stereocenters. The van der Waals surface area contributed by atoms with E-state index in [1.54, 1.807) is 0 Å². The van der Waals surface area contributed by atoms with E-state index < -0.39 is 0 Å². The Morgan fingerprint density at radius 1 is 0.737 bits per heavy atom. The Kier molecular flexibility index (Phi) is 15.7. The molecule has 0 saturated carbocycles. The van der Waals surface area contributed by atoms with Crippen molar-refractivity contribution in [1.82, 2.24) is 9.80 Å². The molecule has 4 nitrogen and oxygen atoms in total. The molecule has 0 aromatic carbocycles. The second-order valence-electron chi connectivity index (χ2n) is 5.42. The van der Waals surface area contributed by atoms with Gasteiger partial charge in [0, 0.05) is 19.5 Å². The predicted octanol–water partition coefficient (Wildman–Crippen LogP) is 3.16. The fourth-order valence-electron chi connectivity index (χ4n) is 1.62. The van der Waals surface area contributed by atoms with E-state index in [0.29, 0.717) is 12.1 Å². The monoisotopic (exact) mass is 321 g/mol. The number of hydrogen-bond acceptors (Lipinski definition) is 2. The standard InChI is InChI=1S/C13H30N4.CH3.Zn/c1-10(14-12(3)16(5)6)9-11(2)15-13(4)17(7)8;;/h10-13H,9H2,1-8H3;1H3;/q-2;-1;. The van der Waals surface area contributed by atoms with Crippen LogP contribution in [0.2, 0.25) is 0 Å². The van der Waals surface area contributed by atoms with Gasteiger partial charge in [-0.25, -0.2) is 0 Å². The summed E-state index contributed by atoms with van der Waals surface area (Å²) in [5.74, 6) is 0. The van der Waals surface area contributed by atoms with Crippen molar-refractivity contribution in [3.8, 4) is 0 Å². The molecule has 0 aromatic heterocycles. The molecule has 0 N–H and O–H groups in total. The summed E-state index contributed by atoms with van der Waals surface area (Å²) >= 11 is 0. The van der Waals surface area contributed by atoms with Crippen LogP contribution in [0.3, 0.4) is 0 Å². The van der Waals surface area contributed by atoms with Gasteiger partial charge in [-0.05, 0) is 28.2 Å². The van der Waals surface area contributed by atoms with Crippen molar-refractivity contribution in [1.29, 1.82) is 0 Å². The van der Waals surface area contributed by atoms with Crippen molar-refractivity contribution in [2.75, 3.05) is 28.2 Å². The second kappa shape index (κ2) is 12.2. The molecule has 19 heavy (non-hydrogen) atoms. The minimum Gasteiger partial charge on any atom is -0.645 e. The van der Waals surface area contributed by atoms with Crippen molar-refractivity contribution in [2.24, 2.45) is 0 Å². The van der Waals surface area contributed by atoms with Gasteiger partial charge in [0.25, 0.3) is 0 Å². The first kappa shape index (κ1) is 24.5. The molecule has 0 rings (SSSR count). The molecule has 4 unspecified atom stereocenters. The van der Waals surface area contributed by atoms with Gasteiger partial charge >= 0.3 is 0 Å². The molecular weight excluding hydrogens is 290 g/mol. The summed E-state index contributed by atoms with van der Waals surface area (Å²) in [5, 5.41) is 9.44. The first-order chi connectivity index (χ1) is 7.73. The smallest absolute Gasteiger partial charge is 0 e. The van der Waals surface area contributed by atoms with Crippen LogP contribution in [0.25, 0.3) is 10.6 Å². The van der Waals surface area contributed by atoms with Gasteiger partial charge in [0.1, 0.15) is 0 Å². The molecule has 0 aliphatic heterocycles. The maximum absolute atomic E-state index is 4.72. The molecule has 0 aromatic rings. The van der Waals surface area contributed by atoms with E-state index >= 15 is 0 Å². The van der Waals surface area contributed by atoms with Crippen molar-refractivity contribution in [2.45, 2.75) is 58.5 Å². The van der Waals surface area contributed by atoms with Crippen LogP contribution in [0.1, 0.15) is 34.1 Å². The van der Waals surface area contributed by atoms with Gasteiger partial charge in [0.05, 0.1) is 0 Å². The van der Waals surface area contributed by atoms with Gasteiger partial charge in [-0.3, -0.25) is 0 Å². The van der Waals surface area contributed by atoms with Crippen LogP contribution < -0.4 is 0 Å². The molecule has 0 saturated heterocycles. The molecule has 0 aliphatic carbocycles. The zero-order chi connectivity index (χ0) is 13.6. The largest absolute Gasteiger partial charge is 0.645 e. The maximum atomic E-state index is 4.72. The normalized spacial score (nSPS) is 17.4. The molecule has 0 radical (unpaired) electrons. The van der Waals surface area contributed by atoms with E-state index in [1.807, 2.05) is 0 Å². The van der Waals surface area contributed by atoms with Gasteiger partial charge in [0.2, 0.25) is 0 Å². The van der Waals surface area contributed by atoms with Crippen LogP contribution in [0, 0.1) is 7.43 Å². The fraction of sp³-hybridized carbons (Fsp3) is 0.929. The van der Waals surface area contributed by atoms with Crippen LogP contribution in [-0.2, 0) is 19.5 Å². The van der Waals surface area contributed by atoms with E-state index in [1.165, 1.54) is 0 Å². The van der Waals surface area contributed by atoms with E-state index in [9.17, 15) is 0 Å². The quantitative estimate of drug-likeness (QED) is 0.508. The average Bonchev–Trinajstić information content (AvgIpc) is 2.16.